The van der Waals surface area contributed by atoms with E-state index < -0.39 is 5.97 Å². The third-order valence-electron chi connectivity index (χ3n) is 2.19. The quantitative estimate of drug-likeness (QED) is 0.815. The average Bonchev–Trinajstić information content (AvgIpc) is 2.38. The molecule has 0 unspecified atom stereocenters. The van der Waals surface area contributed by atoms with Crippen molar-refractivity contribution in [3.8, 4) is 11.3 Å². The van der Waals surface area contributed by atoms with Gasteiger partial charge in [-0.15, -0.1) is 0 Å². The molecule has 4 nitrogen and oxygen atoms in total. The van der Waals surface area contributed by atoms with Crippen molar-refractivity contribution in [2.45, 2.75) is 0 Å². The van der Waals surface area contributed by atoms with Gasteiger partial charge in [-0.1, -0.05) is 24.3 Å². The molecule has 0 fully saturated rings. The molecule has 1 aromatic carbocycles. The van der Waals surface area contributed by atoms with Crippen molar-refractivity contribution in [1.29, 1.82) is 0 Å². The molecule has 0 aliphatic rings. The fraction of sp³-hybridized carbons (Fsp3) is 0. The second kappa shape index (κ2) is 5.03. The molecule has 1 heterocycles. The van der Waals surface area contributed by atoms with Crippen LogP contribution in [0.1, 0.15) is 5.56 Å². The van der Waals surface area contributed by atoms with Gasteiger partial charge in [0.25, 0.3) is 0 Å². The summed E-state index contributed by atoms with van der Waals surface area (Å²) in [7, 11) is 0. The zero-order chi connectivity index (χ0) is 12.1. The Morgan fingerprint density at radius 2 is 1.94 bits per heavy atom. The van der Waals surface area contributed by atoms with Gasteiger partial charge in [0.2, 0.25) is 0 Å². The molecule has 0 saturated carbocycles. The van der Waals surface area contributed by atoms with Gasteiger partial charge in [0.05, 0.1) is 11.9 Å². The van der Waals surface area contributed by atoms with Crippen molar-refractivity contribution in [2.75, 3.05) is 0 Å². The standard InChI is InChI=1S/C13H10N2O2/c16-13(17)6-3-10-1-4-11(5-2-10)12-9-14-7-8-15-12/h1-9H,(H,16,17)/b6-3+. The molecule has 0 spiro atoms. The van der Waals surface area contributed by atoms with E-state index in [0.717, 1.165) is 22.9 Å². The normalized spacial score (nSPS) is 10.6. The lowest BCUT2D eigenvalue weighted by atomic mass is 10.1. The minimum Gasteiger partial charge on any atom is -0.478 e. The first-order valence-electron chi connectivity index (χ1n) is 5.03. The summed E-state index contributed by atoms with van der Waals surface area (Å²) in [5, 5.41) is 8.50. The molecule has 0 atom stereocenters. The Labute approximate surface area is 98.3 Å². The number of hydrogen-bond acceptors (Lipinski definition) is 3. The van der Waals surface area contributed by atoms with Crippen LogP contribution >= 0.6 is 0 Å². The van der Waals surface area contributed by atoms with Gasteiger partial charge >= 0.3 is 5.97 Å². The molecule has 84 valence electrons. The molecule has 2 rings (SSSR count). The van der Waals surface area contributed by atoms with E-state index in [2.05, 4.69) is 9.97 Å². The first-order valence-corrected chi connectivity index (χ1v) is 5.03. The van der Waals surface area contributed by atoms with Crippen LogP contribution in [0.25, 0.3) is 17.3 Å². The van der Waals surface area contributed by atoms with Crippen LogP contribution in [-0.4, -0.2) is 21.0 Å². The molecule has 0 radical (unpaired) electrons. The second-order valence-corrected chi connectivity index (χ2v) is 3.38. The highest BCUT2D eigenvalue weighted by molar-refractivity contribution is 5.85. The van der Waals surface area contributed by atoms with E-state index in [1.165, 1.54) is 0 Å². The molecule has 0 saturated heterocycles. The summed E-state index contributed by atoms with van der Waals surface area (Å²) in [6.07, 6.45) is 7.59. The Bertz CT molecular complexity index is 533. The van der Waals surface area contributed by atoms with E-state index in [1.54, 1.807) is 24.7 Å². The maximum atomic E-state index is 10.4. The molecule has 0 aliphatic heterocycles. The molecule has 17 heavy (non-hydrogen) atoms. The van der Waals surface area contributed by atoms with Crippen LogP contribution in [0.4, 0.5) is 0 Å². The highest BCUT2D eigenvalue weighted by Gasteiger charge is 1.97. The Balaban J connectivity index is 2.22. The number of nitrogens with zero attached hydrogens (tertiary/aromatic N) is 2. The van der Waals surface area contributed by atoms with Crippen LogP contribution in [0.2, 0.25) is 0 Å². The summed E-state index contributed by atoms with van der Waals surface area (Å²) in [5.41, 5.74) is 2.58. The number of carboxylic acids is 1. The molecule has 2 aromatic rings. The maximum Gasteiger partial charge on any atom is 0.328 e. The highest BCUT2D eigenvalue weighted by atomic mass is 16.4. The van der Waals surface area contributed by atoms with Crippen LogP contribution in [0.3, 0.4) is 0 Å². The minimum absolute atomic E-state index is 0.793. The zero-order valence-electron chi connectivity index (χ0n) is 8.95. The number of carbonyl (C=O) groups is 1. The smallest absolute Gasteiger partial charge is 0.328 e. The Kier molecular flexibility index (Phi) is 3.25. The highest BCUT2D eigenvalue weighted by Crippen LogP contribution is 2.16. The molecule has 1 aromatic heterocycles. The largest absolute Gasteiger partial charge is 0.478 e. The fourth-order valence-electron chi connectivity index (χ4n) is 1.38. The van der Waals surface area contributed by atoms with Gasteiger partial charge in [-0.2, -0.15) is 0 Å². The summed E-state index contributed by atoms with van der Waals surface area (Å²) in [6.45, 7) is 0. The zero-order valence-corrected chi connectivity index (χ0v) is 8.95. The molecule has 0 bridgehead atoms. The molecule has 0 aliphatic carbocycles. The lowest BCUT2D eigenvalue weighted by molar-refractivity contribution is -0.131. The van der Waals surface area contributed by atoms with E-state index in [4.69, 9.17) is 5.11 Å². The lowest BCUT2D eigenvalue weighted by Gasteiger charge is -1.99. The summed E-state index contributed by atoms with van der Waals surface area (Å²) in [6, 6.07) is 7.43. The third-order valence-corrected chi connectivity index (χ3v) is 2.19. The Morgan fingerprint density at radius 1 is 1.18 bits per heavy atom. The number of aromatic nitrogens is 2. The minimum atomic E-state index is -0.956. The van der Waals surface area contributed by atoms with E-state index in [-0.39, 0.29) is 0 Å². The van der Waals surface area contributed by atoms with Crippen molar-refractivity contribution >= 4 is 12.0 Å². The van der Waals surface area contributed by atoms with Crippen LogP contribution in [0.15, 0.2) is 48.9 Å². The lowest BCUT2D eigenvalue weighted by Crippen LogP contribution is -1.86. The van der Waals surface area contributed by atoms with Crippen LogP contribution in [0.5, 0.6) is 0 Å². The monoisotopic (exact) mass is 226 g/mol. The van der Waals surface area contributed by atoms with Crippen molar-refractivity contribution in [1.82, 2.24) is 9.97 Å². The van der Waals surface area contributed by atoms with Crippen LogP contribution in [0, 0.1) is 0 Å². The topological polar surface area (TPSA) is 63.1 Å². The SMILES string of the molecule is O=C(O)/C=C/c1ccc(-c2cnccn2)cc1. The Morgan fingerprint density at radius 3 is 2.53 bits per heavy atom. The van der Waals surface area contributed by atoms with E-state index in [9.17, 15) is 4.79 Å². The van der Waals surface area contributed by atoms with Crippen molar-refractivity contribution < 1.29 is 9.90 Å². The van der Waals surface area contributed by atoms with Gasteiger partial charge in [0.15, 0.2) is 0 Å². The molecule has 0 amide bonds. The molecular formula is C13H10N2O2. The van der Waals surface area contributed by atoms with Gasteiger partial charge in [-0.3, -0.25) is 9.97 Å². The third kappa shape index (κ3) is 2.98. The fourth-order valence-corrected chi connectivity index (χ4v) is 1.38. The number of carboxylic acid groups (broad SMARTS) is 1. The second-order valence-electron chi connectivity index (χ2n) is 3.38. The predicted octanol–water partition coefficient (Wildman–Crippen LogP) is 2.24. The van der Waals surface area contributed by atoms with Gasteiger partial charge in [-0.25, -0.2) is 4.79 Å². The summed E-state index contributed by atoms with van der Waals surface area (Å²) in [4.78, 5) is 18.5. The van der Waals surface area contributed by atoms with Gasteiger partial charge in [-0.05, 0) is 11.6 Å². The van der Waals surface area contributed by atoms with Gasteiger partial charge < -0.3 is 5.11 Å². The summed E-state index contributed by atoms with van der Waals surface area (Å²) >= 11 is 0. The van der Waals surface area contributed by atoms with Crippen LogP contribution in [-0.2, 0) is 4.79 Å². The average molecular weight is 226 g/mol. The Hall–Kier alpha value is -2.49. The van der Waals surface area contributed by atoms with Crippen molar-refractivity contribution in [2.24, 2.45) is 0 Å². The number of aliphatic carboxylic acids is 1. The molecule has 1 N–H and O–H groups in total. The van der Waals surface area contributed by atoms with E-state index >= 15 is 0 Å². The number of rotatable bonds is 3. The first-order chi connectivity index (χ1) is 8.25. The van der Waals surface area contributed by atoms with Gasteiger partial charge in [0.1, 0.15) is 0 Å². The van der Waals surface area contributed by atoms with E-state index in [1.807, 2.05) is 24.3 Å². The number of benzene rings is 1. The first kappa shape index (κ1) is 11.0. The van der Waals surface area contributed by atoms with E-state index in [0.29, 0.717) is 0 Å². The van der Waals surface area contributed by atoms with Crippen LogP contribution < -0.4 is 0 Å². The number of hydrogen-bond donors (Lipinski definition) is 1. The van der Waals surface area contributed by atoms with Crippen molar-refractivity contribution in [3.63, 3.8) is 0 Å². The molecular weight excluding hydrogens is 216 g/mol. The maximum absolute atomic E-state index is 10.4. The summed E-state index contributed by atoms with van der Waals surface area (Å²) in [5.74, 6) is -0.956. The van der Waals surface area contributed by atoms with Gasteiger partial charge in [0, 0.05) is 24.0 Å². The summed E-state index contributed by atoms with van der Waals surface area (Å²) < 4.78 is 0. The van der Waals surface area contributed by atoms with Crippen molar-refractivity contribution in [3.05, 3.63) is 54.5 Å². The molecule has 4 heteroatoms. The predicted molar refractivity (Wildman–Crippen MR) is 64.1 cm³/mol.